The van der Waals surface area contributed by atoms with E-state index in [2.05, 4.69) is 12.3 Å². The summed E-state index contributed by atoms with van der Waals surface area (Å²) >= 11 is 6.21. The van der Waals surface area contributed by atoms with Gasteiger partial charge in [-0.1, -0.05) is 42.8 Å². The highest BCUT2D eigenvalue weighted by molar-refractivity contribution is 6.31. The summed E-state index contributed by atoms with van der Waals surface area (Å²) in [4.78, 5) is 0. The Kier molecular flexibility index (Phi) is 5.62. The second kappa shape index (κ2) is 7.46. The average molecular weight is 305 g/mol. The van der Waals surface area contributed by atoms with E-state index in [0.29, 0.717) is 6.61 Å². The van der Waals surface area contributed by atoms with Gasteiger partial charge in [0.1, 0.15) is 5.75 Å². The molecule has 0 heterocycles. The van der Waals surface area contributed by atoms with Crippen molar-refractivity contribution in [3.63, 3.8) is 0 Å². The number of nitrogens with one attached hydrogen (secondary N) is 1. The SMILES string of the molecule is CCCOc1cccc(C(NN)c2ccc(C)c(Cl)c2)c1. The normalized spacial score (nSPS) is 12.2. The lowest BCUT2D eigenvalue weighted by Gasteiger charge is -2.18. The van der Waals surface area contributed by atoms with E-state index >= 15 is 0 Å². The summed E-state index contributed by atoms with van der Waals surface area (Å²) in [6, 6.07) is 13.8. The molecule has 21 heavy (non-hydrogen) atoms. The van der Waals surface area contributed by atoms with E-state index in [0.717, 1.165) is 33.9 Å². The lowest BCUT2D eigenvalue weighted by atomic mass is 9.98. The summed E-state index contributed by atoms with van der Waals surface area (Å²) < 4.78 is 5.67. The number of aryl methyl sites for hydroxylation is 1. The summed E-state index contributed by atoms with van der Waals surface area (Å²) in [5.41, 5.74) is 5.98. The van der Waals surface area contributed by atoms with Gasteiger partial charge in [-0.15, -0.1) is 0 Å². The van der Waals surface area contributed by atoms with Gasteiger partial charge in [0, 0.05) is 5.02 Å². The first-order valence-corrected chi connectivity index (χ1v) is 7.48. The topological polar surface area (TPSA) is 47.3 Å². The third-order valence-corrected chi connectivity index (χ3v) is 3.77. The molecule has 0 fully saturated rings. The highest BCUT2D eigenvalue weighted by Crippen LogP contribution is 2.27. The van der Waals surface area contributed by atoms with Crippen LogP contribution in [0, 0.1) is 6.92 Å². The average Bonchev–Trinajstić information content (AvgIpc) is 2.50. The van der Waals surface area contributed by atoms with Gasteiger partial charge in [-0.2, -0.15) is 0 Å². The zero-order chi connectivity index (χ0) is 15.2. The minimum absolute atomic E-state index is 0.117. The Morgan fingerprint density at radius 2 is 1.95 bits per heavy atom. The van der Waals surface area contributed by atoms with Crippen molar-refractivity contribution in [2.75, 3.05) is 6.61 Å². The summed E-state index contributed by atoms with van der Waals surface area (Å²) in [5, 5.41) is 0.742. The molecule has 2 aromatic carbocycles. The molecule has 0 saturated heterocycles. The molecule has 0 saturated carbocycles. The first kappa shape index (κ1) is 15.8. The van der Waals surface area contributed by atoms with Crippen LogP contribution < -0.4 is 16.0 Å². The van der Waals surface area contributed by atoms with Crippen LogP contribution in [0.5, 0.6) is 5.75 Å². The number of benzene rings is 2. The molecular formula is C17H21ClN2O. The van der Waals surface area contributed by atoms with Gasteiger partial charge < -0.3 is 4.74 Å². The number of hydrazine groups is 1. The molecule has 0 radical (unpaired) electrons. The van der Waals surface area contributed by atoms with Crippen LogP contribution in [0.15, 0.2) is 42.5 Å². The van der Waals surface area contributed by atoms with E-state index in [1.165, 1.54) is 0 Å². The van der Waals surface area contributed by atoms with Gasteiger partial charge in [0.05, 0.1) is 12.6 Å². The third-order valence-electron chi connectivity index (χ3n) is 3.36. The molecule has 1 unspecified atom stereocenters. The molecule has 0 aliphatic rings. The maximum absolute atomic E-state index is 6.21. The standard InChI is InChI=1S/C17H21ClN2O/c1-3-9-21-15-6-4-5-13(10-15)17(20-19)14-8-7-12(2)16(18)11-14/h4-8,10-11,17,20H,3,9,19H2,1-2H3. The van der Waals surface area contributed by atoms with Crippen LogP contribution in [-0.2, 0) is 0 Å². The minimum atomic E-state index is -0.117. The number of halogens is 1. The van der Waals surface area contributed by atoms with Gasteiger partial charge in [0.2, 0.25) is 0 Å². The van der Waals surface area contributed by atoms with Crippen LogP contribution in [-0.4, -0.2) is 6.61 Å². The number of nitrogens with two attached hydrogens (primary N) is 1. The van der Waals surface area contributed by atoms with E-state index in [-0.39, 0.29) is 6.04 Å². The van der Waals surface area contributed by atoms with Crippen LogP contribution >= 0.6 is 11.6 Å². The van der Waals surface area contributed by atoms with Gasteiger partial charge >= 0.3 is 0 Å². The summed E-state index contributed by atoms with van der Waals surface area (Å²) in [7, 11) is 0. The molecule has 2 rings (SSSR count). The maximum atomic E-state index is 6.21. The number of hydrogen-bond acceptors (Lipinski definition) is 3. The zero-order valence-corrected chi connectivity index (χ0v) is 13.2. The highest BCUT2D eigenvalue weighted by Gasteiger charge is 2.14. The Balaban J connectivity index is 2.30. The Morgan fingerprint density at radius 3 is 2.62 bits per heavy atom. The van der Waals surface area contributed by atoms with Crippen molar-refractivity contribution in [2.24, 2.45) is 5.84 Å². The predicted molar refractivity (Wildman–Crippen MR) is 87.6 cm³/mol. The lowest BCUT2D eigenvalue weighted by molar-refractivity contribution is 0.317. The van der Waals surface area contributed by atoms with Gasteiger partial charge in [-0.05, 0) is 48.2 Å². The van der Waals surface area contributed by atoms with Crippen LogP contribution in [0.1, 0.15) is 36.1 Å². The Bertz CT molecular complexity index is 601. The largest absolute Gasteiger partial charge is 0.494 e. The fourth-order valence-electron chi connectivity index (χ4n) is 2.18. The summed E-state index contributed by atoms with van der Waals surface area (Å²) in [6.45, 7) is 4.78. The molecule has 0 aliphatic heterocycles. The van der Waals surface area contributed by atoms with Crippen molar-refractivity contribution in [2.45, 2.75) is 26.3 Å². The van der Waals surface area contributed by atoms with E-state index < -0.39 is 0 Å². The fraction of sp³-hybridized carbons (Fsp3) is 0.294. The molecule has 112 valence electrons. The van der Waals surface area contributed by atoms with Crippen LogP contribution in [0.2, 0.25) is 5.02 Å². The molecule has 0 spiro atoms. The molecular weight excluding hydrogens is 284 g/mol. The van der Waals surface area contributed by atoms with Crippen molar-refractivity contribution in [1.29, 1.82) is 0 Å². The van der Waals surface area contributed by atoms with Crippen molar-refractivity contribution < 1.29 is 4.74 Å². The van der Waals surface area contributed by atoms with Gasteiger partial charge in [0.25, 0.3) is 0 Å². The van der Waals surface area contributed by atoms with Gasteiger partial charge in [0.15, 0.2) is 0 Å². The molecule has 0 amide bonds. The smallest absolute Gasteiger partial charge is 0.119 e. The molecule has 3 nitrogen and oxygen atoms in total. The van der Waals surface area contributed by atoms with E-state index in [4.69, 9.17) is 22.2 Å². The van der Waals surface area contributed by atoms with Gasteiger partial charge in [-0.25, -0.2) is 5.43 Å². The molecule has 0 bridgehead atoms. The minimum Gasteiger partial charge on any atom is -0.494 e. The van der Waals surface area contributed by atoms with Crippen molar-refractivity contribution >= 4 is 11.6 Å². The first-order chi connectivity index (χ1) is 10.2. The zero-order valence-electron chi connectivity index (χ0n) is 12.4. The van der Waals surface area contributed by atoms with Crippen molar-refractivity contribution in [1.82, 2.24) is 5.43 Å². The van der Waals surface area contributed by atoms with E-state index in [9.17, 15) is 0 Å². The van der Waals surface area contributed by atoms with Crippen molar-refractivity contribution in [3.05, 3.63) is 64.2 Å². The van der Waals surface area contributed by atoms with E-state index in [1.54, 1.807) is 0 Å². The maximum Gasteiger partial charge on any atom is 0.119 e. The fourth-order valence-corrected chi connectivity index (χ4v) is 2.37. The second-order valence-corrected chi connectivity index (χ2v) is 5.44. The third kappa shape index (κ3) is 3.97. The highest BCUT2D eigenvalue weighted by atomic mass is 35.5. The molecule has 4 heteroatoms. The Morgan fingerprint density at radius 1 is 1.19 bits per heavy atom. The molecule has 1 atom stereocenters. The Hall–Kier alpha value is -1.55. The van der Waals surface area contributed by atoms with E-state index in [1.807, 2.05) is 49.4 Å². The van der Waals surface area contributed by atoms with Crippen LogP contribution in [0.3, 0.4) is 0 Å². The van der Waals surface area contributed by atoms with Gasteiger partial charge in [-0.3, -0.25) is 5.84 Å². The molecule has 0 aliphatic carbocycles. The lowest BCUT2D eigenvalue weighted by Crippen LogP contribution is -2.28. The quantitative estimate of drug-likeness (QED) is 0.626. The van der Waals surface area contributed by atoms with Crippen LogP contribution in [0.25, 0.3) is 0 Å². The Labute approximate surface area is 131 Å². The number of rotatable bonds is 6. The second-order valence-electron chi connectivity index (χ2n) is 5.03. The molecule has 0 aromatic heterocycles. The molecule has 2 aromatic rings. The van der Waals surface area contributed by atoms with Crippen molar-refractivity contribution in [3.8, 4) is 5.75 Å². The number of hydrogen-bond donors (Lipinski definition) is 2. The monoisotopic (exact) mass is 304 g/mol. The first-order valence-electron chi connectivity index (χ1n) is 7.10. The summed E-state index contributed by atoms with van der Waals surface area (Å²) in [6.07, 6.45) is 0.983. The predicted octanol–water partition coefficient (Wildman–Crippen LogP) is 3.99. The van der Waals surface area contributed by atoms with Crippen LogP contribution in [0.4, 0.5) is 0 Å². The molecule has 3 N–H and O–H groups in total. The summed E-state index contributed by atoms with van der Waals surface area (Å²) in [5.74, 6) is 6.60. The number of ether oxygens (including phenoxy) is 1.